The lowest BCUT2D eigenvalue weighted by atomic mass is 10.2. The maximum atomic E-state index is 12.7. The van der Waals surface area contributed by atoms with Crippen LogP contribution in [0.25, 0.3) is 0 Å². The summed E-state index contributed by atoms with van der Waals surface area (Å²) in [6, 6.07) is 7.45. The molecule has 1 N–H and O–H groups in total. The molecule has 0 saturated heterocycles. The minimum atomic E-state index is -4.29. The Bertz CT molecular complexity index is 551. The van der Waals surface area contributed by atoms with Crippen LogP contribution in [0.2, 0.25) is 0 Å². The summed E-state index contributed by atoms with van der Waals surface area (Å²) in [5, 5.41) is 6.64. The average Bonchev–Trinajstić information content (AvgIpc) is 2.77. The molecular formula is C13H14ClF4N3. The number of benzene rings is 1. The van der Waals surface area contributed by atoms with Crippen molar-refractivity contribution in [2.24, 2.45) is 0 Å². The maximum absolute atomic E-state index is 12.7. The number of alkyl halides is 3. The molecule has 1 heterocycles. The van der Waals surface area contributed by atoms with Crippen molar-refractivity contribution in [3.05, 3.63) is 53.6 Å². The quantitative estimate of drug-likeness (QED) is 0.856. The third-order valence-corrected chi connectivity index (χ3v) is 2.68. The van der Waals surface area contributed by atoms with E-state index in [-0.39, 0.29) is 24.8 Å². The second kappa shape index (κ2) is 7.42. The standard InChI is InChI=1S/C13H13F4N3.ClH/c14-11-3-1-10(2-4-11)7-18-8-12-5-6-19-20(12)9-13(15,16)17;/h1-6,18H,7-9H2;1H. The molecule has 1 aromatic heterocycles. The predicted molar refractivity (Wildman–Crippen MR) is 72.5 cm³/mol. The third-order valence-electron chi connectivity index (χ3n) is 2.68. The molecule has 0 saturated carbocycles. The summed E-state index contributed by atoms with van der Waals surface area (Å²) in [4.78, 5) is 0. The van der Waals surface area contributed by atoms with E-state index < -0.39 is 12.7 Å². The second-order valence-electron chi connectivity index (χ2n) is 4.33. The molecule has 116 valence electrons. The molecule has 21 heavy (non-hydrogen) atoms. The van der Waals surface area contributed by atoms with Crippen molar-refractivity contribution in [2.75, 3.05) is 0 Å². The molecule has 0 spiro atoms. The van der Waals surface area contributed by atoms with Gasteiger partial charge in [-0.1, -0.05) is 12.1 Å². The van der Waals surface area contributed by atoms with Gasteiger partial charge in [-0.2, -0.15) is 18.3 Å². The van der Waals surface area contributed by atoms with E-state index in [0.717, 1.165) is 10.2 Å². The zero-order chi connectivity index (χ0) is 14.6. The van der Waals surface area contributed by atoms with E-state index in [1.165, 1.54) is 24.4 Å². The highest BCUT2D eigenvalue weighted by Gasteiger charge is 2.29. The van der Waals surface area contributed by atoms with Crippen LogP contribution in [-0.4, -0.2) is 16.0 Å². The molecule has 8 heteroatoms. The average molecular weight is 324 g/mol. The summed E-state index contributed by atoms with van der Waals surface area (Å²) in [6.07, 6.45) is -2.96. The van der Waals surface area contributed by atoms with Crippen molar-refractivity contribution >= 4 is 12.4 Å². The summed E-state index contributed by atoms with van der Waals surface area (Å²) in [6.45, 7) is -0.404. The first-order valence-corrected chi connectivity index (χ1v) is 5.97. The third kappa shape index (κ3) is 5.73. The van der Waals surface area contributed by atoms with Gasteiger partial charge in [-0.25, -0.2) is 4.39 Å². The molecule has 0 bridgehead atoms. The van der Waals surface area contributed by atoms with Crippen molar-refractivity contribution in [1.29, 1.82) is 0 Å². The molecule has 0 radical (unpaired) electrons. The highest BCUT2D eigenvalue weighted by atomic mass is 35.5. The van der Waals surface area contributed by atoms with E-state index in [9.17, 15) is 17.6 Å². The molecule has 1 aromatic carbocycles. The van der Waals surface area contributed by atoms with Crippen molar-refractivity contribution in [3.8, 4) is 0 Å². The lowest BCUT2D eigenvalue weighted by Gasteiger charge is -2.11. The van der Waals surface area contributed by atoms with Gasteiger partial charge in [-0.15, -0.1) is 12.4 Å². The molecule has 0 unspecified atom stereocenters. The minimum absolute atomic E-state index is 0. The van der Waals surface area contributed by atoms with Crippen molar-refractivity contribution in [1.82, 2.24) is 15.1 Å². The Morgan fingerprint density at radius 1 is 1.05 bits per heavy atom. The van der Waals surface area contributed by atoms with E-state index in [4.69, 9.17) is 0 Å². The smallest absolute Gasteiger partial charge is 0.307 e. The fraction of sp³-hybridized carbons (Fsp3) is 0.308. The van der Waals surface area contributed by atoms with Crippen LogP contribution in [0, 0.1) is 5.82 Å². The van der Waals surface area contributed by atoms with Crippen LogP contribution in [0.15, 0.2) is 36.5 Å². The number of nitrogens with one attached hydrogen (secondary N) is 1. The number of halogens is 5. The van der Waals surface area contributed by atoms with Gasteiger partial charge in [0.15, 0.2) is 0 Å². The van der Waals surface area contributed by atoms with Crippen LogP contribution in [0.1, 0.15) is 11.3 Å². The predicted octanol–water partition coefficient (Wildman–Crippen LogP) is 3.30. The fourth-order valence-electron chi connectivity index (χ4n) is 1.76. The van der Waals surface area contributed by atoms with Crippen molar-refractivity contribution in [3.63, 3.8) is 0 Å². The van der Waals surface area contributed by atoms with Gasteiger partial charge < -0.3 is 5.32 Å². The Hall–Kier alpha value is -1.60. The molecule has 0 amide bonds. The topological polar surface area (TPSA) is 29.9 Å². The molecule has 0 fully saturated rings. The molecule has 3 nitrogen and oxygen atoms in total. The van der Waals surface area contributed by atoms with Gasteiger partial charge in [-0.3, -0.25) is 4.68 Å². The zero-order valence-corrected chi connectivity index (χ0v) is 11.7. The number of aromatic nitrogens is 2. The SMILES string of the molecule is Cl.Fc1ccc(CNCc2ccnn2CC(F)(F)F)cc1. The van der Waals surface area contributed by atoms with Gasteiger partial charge in [-0.05, 0) is 23.8 Å². The number of rotatable bonds is 5. The van der Waals surface area contributed by atoms with Gasteiger partial charge in [0.1, 0.15) is 12.4 Å². The summed E-state index contributed by atoms with van der Waals surface area (Å²) in [7, 11) is 0. The van der Waals surface area contributed by atoms with Crippen LogP contribution >= 0.6 is 12.4 Å². The largest absolute Gasteiger partial charge is 0.408 e. The molecule has 0 aliphatic heterocycles. The van der Waals surface area contributed by atoms with Gasteiger partial charge in [0.25, 0.3) is 0 Å². The number of hydrogen-bond acceptors (Lipinski definition) is 2. The van der Waals surface area contributed by atoms with Crippen LogP contribution in [0.4, 0.5) is 17.6 Å². The van der Waals surface area contributed by atoms with E-state index in [2.05, 4.69) is 10.4 Å². The second-order valence-corrected chi connectivity index (χ2v) is 4.33. The Balaban J connectivity index is 0.00000220. The van der Waals surface area contributed by atoms with Crippen LogP contribution < -0.4 is 5.32 Å². The molecule has 2 aromatic rings. The first-order valence-electron chi connectivity index (χ1n) is 5.97. The Labute approximate surface area is 125 Å². The first kappa shape index (κ1) is 17.5. The summed E-state index contributed by atoms with van der Waals surface area (Å²) < 4.78 is 50.5. The minimum Gasteiger partial charge on any atom is -0.307 e. The van der Waals surface area contributed by atoms with Gasteiger partial charge >= 0.3 is 6.18 Å². The molecular weight excluding hydrogens is 310 g/mol. The zero-order valence-electron chi connectivity index (χ0n) is 10.9. The number of nitrogens with zero attached hydrogens (tertiary/aromatic N) is 2. The molecule has 0 atom stereocenters. The molecule has 0 aliphatic carbocycles. The Morgan fingerprint density at radius 3 is 2.33 bits per heavy atom. The fourth-order valence-corrected chi connectivity index (χ4v) is 1.76. The highest BCUT2D eigenvalue weighted by Crippen LogP contribution is 2.18. The van der Waals surface area contributed by atoms with Crippen LogP contribution in [0.3, 0.4) is 0 Å². The summed E-state index contributed by atoms with van der Waals surface area (Å²) >= 11 is 0. The number of hydrogen-bond donors (Lipinski definition) is 1. The van der Waals surface area contributed by atoms with E-state index >= 15 is 0 Å². The Morgan fingerprint density at radius 2 is 1.71 bits per heavy atom. The van der Waals surface area contributed by atoms with Gasteiger partial charge in [0.05, 0.1) is 5.69 Å². The summed E-state index contributed by atoms with van der Waals surface area (Å²) in [5.41, 5.74) is 1.30. The van der Waals surface area contributed by atoms with E-state index in [0.29, 0.717) is 12.2 Å². The van der Waals surface area contributed by atoms with Crippen LogP contribution in [-0.2, 0) is 19.6 Å². The lowest BCUT2D eigenvalue weighted by Crippen LogP contribution is -2.23. The summed E-state index contributed by atoms with van der Waals surface area (Å²) in [5.74, 6) is -0.322. The monoisotopic (exact) mass is 323 g/mol. The van der Waals surface area contributed by atoms with E-state index in [1.54, 1.807) is 12.1 Å². The molecule has 2 rings (SSSR count). The maximum Gasteiger partial charge on any atom is 0.408 e. The lowest BCUT2D eigenvalue weighted by molar-refractivity contribution is -0.143. The normalized spacial score (nSPS) is 11.2. The van der Waals surface area contributed by atoms with Gasteiger partial charge in [0.2, 0.25) is 0 Å². The van der Waals surface area contributed by atoms with Crippen molar-refractivity contribution < 1.29 is 17.6 Å². The van der Waals surface area contributed by atoms with Gasteiger partial charge in [0, 0.05) is 19.3 Å². The van der Waals surface area contributed by atoms with E-state index in [1.807, 2.05) is 0 Å². The highest BCUT2D eigenvalue weighted by molar-refractivity contribution is 5.85. The van der Waals surface area contributed by atoms with Crippen molar-refractivity contribution in [2.45, 2.75) is 25.8 Å². The van der Waals surface area contributed by atoms with Crippen LogP contribution in [0.5, 0.6) is 0 Å². The Kier molecular flexibility index (Phi) is 6.17. The molecule has 0 aliphatic rings. The first-order chi connectivity index (χ1) is 9.44.